The Balaban J connectivity index is 2.03. The average molecular weight is 363 g/mol. The van der Waals surface area contributed by atoms with Crippen LogP contribution in [0.5, 0.6) is 0 Å². The zero-order valence-electron chi connectivity index (χ0n) is 16.0. The van der Waals surface area contributed by atoms with Crippen LogP contribution in [-0.4, -0.2) is 42.6 Å². The molecule has 0 radical (unpaired) electrons. The summed E-state index contributed by atoms with van der Waals surface area (Å²) in [6, 6.07) is 10.9. The number of rotatable bonds is 12. The fourth-order valence-corrected chi connectivity index (χ4v) is 3.35. The van der Waals surface area contributed by atoms with E-state index < -0.39 is 0 Å². The lowest BCUT2D eigenvalue weighted by atomic mass is 10.2. The molecule has 4 nitrogen and oxygen atoms in total. The average Bonchev–Trinajstić information content (AvgIpc) is 3.02. The number of quaternary nitrogens is 1. The van der Waals surface area contributed by atoms with Crippen molar-refractivity contribution in [2.45, 2.75) is 45.4 Å². The lowest BCUT2D eigenvalue weighted by molar-refractivity contribution is -0.917. The van der Waals surface area contributed by atoms with E-state index in [0.717, 1.165) is 51.1 Å². The third kappa shape index (κ3) is 6.90. The van der Waals surface area contributed by atoms with Gasteiger partial charge in [-0.25, -0.2) is 4.39 Å². The summed E-state index contributed by atoms with van der Waals surface area (Å²) < 4.78 is 20.8. The number of hydrogen-bond donors (Lipinski definition) is 2. The van der Waals surface area contributed by atoms with Crippen molar-refractivity contribution in [3.63, 3.8) is 0 Å². The quantitative estimate of drug-likeness (QED) is 0.568. The molecule has 0 saturated carbocycles. The molecule has 2 rings (SSSR count). The predicted octanol–water partition coefficient (Wildman–Crippen LogP) is 2.26. The summed E-state index contributed by atoms with van der Waals surface area (Å²) in [4.78, 5) is 1.35. The largest absolute Gasteiger partial charge is 0.387 e. The summed E-state index contributed by atoms with van der Waals surface area (Å²) >= 11 is 0. The third-order valence-corrected chi connectivity index (χ3v) is 4.62. The predicted molar refractivity (Wildman–Crippen MR) is 102 cm³/mol. The Morgan fingerprint density at radius 2 is 2.12 bits per heavy atom. The summed E-state index contributed by atoms with van der Waals surface area (Å²) in [7, 11) is 1.72. The van der Waals surface area contributed by atoms with Gasteiger partial charge in [0.25, 0.3) is 0 Å². The van der Waals surface area contributed by atoms with Crippen LogP contribution < -0.4 is 4.90 Å². The Kier molecular flexibility index (Phi) is 8.81. The number of nitrogens with one attached hydrogen (secondary N) is 1. The van der Waals surface area contributed by atoms with E-state index in [-0.39, 0.29) is 11.9 Å². The lowest BCUT2D eigenvalue weighted by Crippen LogP contribution is -3.12. The molecule has 0 amide bonds. The van der Waals surface area contributed by atoms with Gasteiger partial charge in [-0.2, -0.15) is 0 Å². The van der Waals surface area contributed by atoms with Crippen molar-refractivity contribution in [1.29, 1.82) is 0 Å². The minimum absolute atomic E-state index is 0.203. The molecule has 0 fully saturated rings. The number of aliphatic hydroxyl groups is 1. The maximum atomic E-state index is 13.4. The van der Waals surface area contributed by atoms with E-state index in [2.05, 4.69) is 17.6 Å². The molecule has 26 heavy (non-hydrogen) atoms. The van der Waals surface area contributed by atoms with Crippen molar-refractivity contribution in [3.05, 3.63) is 59.7 Å². The minimum atomic E-state index is -0.274. The Morgan fingerprint density at radius 1 is 1.27 bits per heavy atom. The second-order valence-electron chi connectivity index (χ2n) is 6.93. The molecule has 5 heteroatoms. The Bertz CT molecular complexity index is 644. The second-order valence-corrected chi connectivity index (χ2v) is 6.93. The maximum Gasteiger partial charge on any atom is 0.123 e. The van der Waals surface area contributed by atoms with Gasteiger partial charge in [-0.05, 0) is 36.2 Å². The molecular weight excluding hydrogens is 331 g/mol. The van der Waals surface area contributed by atoms with Crippen molar-refractivity contribution in [2.24, 2.45) is 0 Å². The van der Waals surface area contributed by atoms with Gasteiger partial charge in [0.15, 0.2) is 0 Å². The summed E-state index contributed by atoms with van der Waals surface area (Å²) in [5.74, 6) is -0.203. The number of methoxy groups -OCH3 is 1. The summed E-state index contributed by atoms with van der Waals surface area (Å²) in [6.45, 7) is 6.02. The zero-order valence-corrected chi connectivity index (χ0v) is 16.0. The van der Waals surface area contributed by atoms with Crippen LogP contribution in [0.25, 0.3) is 0 Å². The van der Waals surface area contributed by atoms with Crippen molar-refractivity contribution < 1.29 is 19.1 Å². The van der Waals surface area contributed by atoms with Crippen LogP contribution in [0.3, 0.4) is 0 Å². The Morgan fingerprint density at radius 3 is 2.85 bits per heavy atom. The highest BCUT2D eigenvalue weighted by Crippen LogP contribution is 2.09. The van der Waals surface area contributed by atoms with Gasteiger partial charge in [0.2, 0.25) is 0 Å². The number of halogens is 1. The molecule has 0 bridgehead atoms. The van der Waals surface area contributed by atoms with E-state index in [1.807, 2.05) is 18.3 Å². The van der Waals surface area contributed by atoms with Gasteiger partial charge in [0.1, 0.15) is 25.0 Å². The van der Waals surface area contributed by atoms with Gasteiger partial charge >= 0.3 is 0 Å². The van der Waals surface area contributed by atoms with Gasteiger partial charge in [-0.1, -0.05) is 25.5 Å². The van der Waals surface area contributed by atoms with Crippen LogP contribution >= 0.6 is 0 Å². The maximum absolute atomic E-state index is 13.4. The SMILES string of the molecule is CCC[C@H](O)C[NH+](CCCOC)Cc1cccn1Cc1cccc(F)c1. The second kappa shape index (κ2) is 11.1. The standard InChI is InChI=1S/C21H31FN2O2/c1-3-7-21(25)17-23(11-6-13-26-2)16-20-10-5-12-24(20)15-18-8-4-9-19(22)14-18/h4-5,8-10,12,14,21,25H,3,6-7,11,13,15-17H2,1-2H3/p+1/t21-/m0/s1. The number of nitrogens with zero attached hydrogens (tertiary/aromatic N) is 1. The van der Waals surface area contributed by atoms with Gasteiger partial charge in [0.05, 0.1) is 18.8 Å². The van der Waals surface area contributed by atoms with E-state index in [4.69, 9.17) is 4.74 Å². The summed E-state index contributed by atoms with van der Waals surface area (Å²) in [5.41, 5.74) is 2.15. The van der Waals surface area contributed by atoms with Crippen molar-refractivity contribution in [1.82, 2.24) is 4.57 Å². The molecule has 0 aliphatic heterocycles. The molecule has 0 saturated heterocycles. The first-order valence-electron chi connectivity index (χ1n) is 9.51. The van der Waals surface area contributed by atoms with Gasteiger partial charge in [-0.3, -0.25) is 0 Å². The van der Waals surface area contributed by atoms with Crippen LogP contribution in [-0.2, 0) is 17.8 Å². The van der Waals surface area contributed by atoms with E-state index in [1.54, 1.807) is 19.2 Å². The fourth-order valence-electron chi connectivity index (χ4n) is 3.35. The highest BCUT2D eigenvalue weighted by Gasteiger charge is 2.17. The van der Waals surface area contributed by atoms with Crippen LogP contribution in [0, 0.1) is 5.82 Å². The fraction of sp³-hybridized carbons (Fsp3) is 0.524. The van der Waals surface area contributed by atoms with E-state index >= 15 is 0 Å². The van der Waals surface area contributed by atoms with E-state index in [9.17, 15) is 9.50 Å². The molecule has 1 aromatic heterocycles. The molecule has 144 valence electrons. The van der Waals surface area contributed by atoms with E-state index in [1.165, 1.54) is 16.7 Å². The molecule has 2 N–H and O–H groups in total. The van der Waals surface area contributed by atoms with Crippen LogP contribution in [0.2, 0.25) is 0 Å². The molecule has 0 aliphatic rings. The zero-order chi connectivity index (χ0) is 18.8. The minimum Gasteiger partial charge on any atom is -0.387 e. The Hall–Kier alpha value is -1.69. The normalized spacial score (nSPS) is 13.7. The first kappa shape index (κ1) is 20.6. The highest BCUT2D eigenvalue weighted by atomic mass is 19.1. The summed E-state index contributed by atoms with van der Waals surface area (Å²) in [6.07, 6.45) is 4.55. The van der Waals surface area contributed by atoms with Crippen LogP contribution in [0.4, 0.5) is 4.39 Å². The number of hydrogen-bond acceptors (Lipinski definition) is 2. The first-order valence-corrected chi connectivity index (χ1v) is 9.51. The van der Waals surface area contributed by atoms with Crippen molar-refractivity contribution in [2.75, 3.05) is 26.8 Å². The van der Waals surface area contributed by atoms with Crippen molar-refractivity contribution in [3.8, 4) is 0 Å². The molecule has 0 aliphatic carbocycles. The van der Waals surface area contributed by atoms with Gasteiger partial charge in [0, 0.05) is 26.3 Å². The smallest absolute Gasteiger partial charge is 0.123 e. The highest BCUT2D eigenvalue weighted by molar-refractivity contribution is 5.18. The number of benzene rings is 1. The lowest BCUT2D eigenvalue weighted by Gasteiger charge is -2.23. The molecule has 2 atom stereocenters. The Labute approximate surface area is 156 Å². The molecule has 1 aromatic carbocycles. The number of aromatic nitrogens is 1. The number of ether oxygens (including phenoxy) is 1. The summed E-state index contributed by atoms with van der Waals surface area (Å²) in [5, 5.41) is 10.2. The molecular formula is C21H32FN2O2+. The van der Waals surface area contributed by atoms with Crippen molar-refractivity contribution >= 4 is 0 Å². The molecule has 0 spiro atoms. The van der Waals surface area contributed by atoms with Crippen LogP contribution in [0.1, 0.15) is 37.4 Å². The van der Waals surface area contributed by atoms with Crippen LogP contribution in [0.15, 0.2) is 42.6 Å². The van der Waals surface area contributed by atoms with Gasteiger partial charge in [-0.15, -0.1) is 0 Å². The van der Waals surface area contributed by atoms with Gasteiger partial charge < -0.3 is 19.3 Å². The third-order valence-electron chi connectivity index (χ3n) is 4.62. The monoisotopic (exact) mass is 363 g/mol. The van der Waals surface area contributed by atoms with E-state index in [0.29, 0.717) is 6.54 Å². The number of aliphatic hydroxyl groups excluding tert-OH is 1. The molecule has 2 aromatic rings. The topological polar surface area (TPSA) is 38.8 Å². The molecule has 1 heterocycles. The first-order chi connectivity index (χ1) is 12.6. The molecule has 1 unspecified atom stereocenters.